The number of fused-ring (bicyclic) bond motifs is 1. The zero-order valence-corrected chi connectivity index (χ0v) is 16.3. The van der Waals surface area contributed by atoms with Crippen LogP contribution in [0.1, 0.15) is 30.1 Å². The van der Waals surface area contributed by atoms with Crippen LogP contribution in [0.3, 0.4) is 0 Å². The predicted molar refractivity (Wildman–Crippen MR) is 105 cm³/mol. The molecule has 2 aromatic carbocycles. The Morgan fingerprint density at radius 3 is 2.56 bits per heavy atom. The van der Waals surface area contributed by atoms with E-state index >= 15 is 0 Å². The van der Waals surface area contributed by atoms with Gasteiger partial charge in [-0.1, -0.05) is 12.1 Å². The van der Waals surface area contributed by atoms with Gasteiger partial charge in [0.15, 0.2) is 0 Å². The summed E-state index contributed by atoms with van der Waals surface area (Å²) in [7, 11) is -1.91. The summed E-state index contributed by atoms with van der Waals surface area (Å²) in [6.07, 6.45) is 1.52. The van der Waals surface area contributed by atoms with Crippen molar-refractivity contribution < 1.29 is 13.2 Å². The number of H-pyrrole nitrogens is 1. The molecule has 0 unspecified atom stereocenters. The van der Waals surface area contributed by atoms with E-state index in [1.54, 1.807) is 29.6 Å². The lowest BCUT2D eigenvalue weighted by molar-refractivity contribution is 0.314. The number of aromatic amines is 1. The highest BCUT2D eigenvalue weighted by atomic mass is 32.2. The molecule has 27 heavy (non-hydrogen) atoms. The average molecular weight is 385 g/mol. The predicted octanol–water partition coefficient (Wildman–Crippen LogP) is 3.45. The van der Waals surface area contributed by atoms with E-state index in [9.17, 15) is 8.42 Å². The van der Waals surface area contributed by atoms with Gasteiger partial charge in [-0.2, -0.15) is 4.31 Å². The molecule has 1 aliphatic rings. The van der Waals surface area contributed by atoms with Gasteiger partial charge in [-0.25, -0.2) is 13.4 Å². The molecule has 0 amide bonds. The molecule has 0 bridgehead atoms. The number of ether oxygens (including phenoxy) is 1. The summed E-state index contributed by atoms with van der Waals surface area (Å²) in [5.41, 5.74) is 2.79. The fourth-order valence-corrected chi connectivity index (χ4v) is 5.25. The SMILES string of the molecule is COc1ccc(S(=O)(=O)N2CCC(c3nc4ccccc4[nH]3)CC2)cc1C. The van der Waals surface area contributed by atoms with E-state index in [1.165, 1.54) is 0 Å². The normalized spacial score (nSPS) is 16.7. The topological polar surface area (TPSA) is 75.3 Å². The van der Waals surface area contributed by atoms with Gasteiger partial charge in [0.05, 0.1) is 23.0 Å². The third-order valence-electron chi connectivity index (χ3n) is 5.25. The Bertz CT molecular complexity index is 1030. The monoisotopic (exact) mass is 385 g/mol. The van der Waals surface area contributed by atoms with Crippen LogP contribution in [0.5, 0.6) is 5.75 Å². The van der Waals surface area contributed by atoms with Gasteiger partial charge in [0.25, 0.3) is 0 Å². The molecule has 3 aromatic rings. The maximum atomic E-state index is 13.0. The molecule has 0 spiro atoms. The molecule has 0 radical (unpaired) electrons. The van der Waals surface area contributed by atoms with Crippen LogP contribution in [-0.4, -0.2) is 42.9 Å². The van der Waals surface area contributed by atoms with E-state index < -0.39 is 10.0 Å². The van der Waals surface area contributed by atoms with Crippen LogP contribution in [0.25, 0.3) is 11.0 Å². The molecule has 2 heterocycles. The number of para-hydroxylation sites is 2. The summed E-state index contributed by atoms with van der Waals surface area (Å²) in [6, 6.07) is 13.0. The first-order valence-electron chi connectivity index (χ1n) is 9.08. The number of imidazole rings is 1. The van der Waals surface area contributed by atoms with Crippen LogP contribution >= 0.6 is 0 Å². The number of aromatic nitrogens is 2. The Balaban J connectivity index is 1.50. The molecule has 7 heteroatoms. The Morgan fingerprint density at radius 1 is 1.15 bits per heavy atom. The first kappa shape index (κ1) is 18.0. The van der Waals surface area contributed by atoms with Crippen molar-refractivity contribution >= 4 is 21.1 Å². The van der Waals surface area contributed by atoms with Gasteiger partial charge in [0, 0.05) is 19.0 Å². The standard InChI is InChI=1S/C20H23N3O3S/c1-14-13-16(7-8-19(14)26-2)27(24,25)23-11-9-15(10-12-23)20-21-17-5-3-4-6-18(17)22-20/h3-8,13,15H,9-12H2,1-2H3,(H,21,22). The number of aryl methyl sites for hydroxylation is 1. The summed E-state index contributed by atoms with van der Waals surface area (Å²) in [5, 5.41) is 0. The third-order valence-corrected chi connectivity index (χ3v) is 7.15. The van der Waals surface area contributed by atoms with Gasteiger partial charge in [-0.05, 0) is 55.7 Å². The average Bonchev–Trinajstić information content (AvgIpc) is 3.12. The summed E-state index contributed by atoms with van der Waals surface area (Å²) in [5.74, 6) is 1.90. The van der Waals surface area contributed by atoms with Crippen LogP contribution in [0.4, 0.5) is 0 Å². The number of hydrogen-bond acceptors (Lipinski definition) is 4. The Kier molecular flexibility index (Phi) is 4.65. The largest absolute Gasteiger partial charge is 0.496 e. The lowest BCUT2D eigenvalue weighted by atomic mass is 9.97. The van der Waals surface area contributed by atoms with Crippen molar-refractivity contribution in [1.29, 1.82) is 0 Å². The summed E-state index contributed by atoms with van der Waals surface area (Å²) >= 11 is 0. The quantitative estimate of drug-likeness (QED) is 0.746. The van der Waals surface area contributed by atoms with Gasteiger partial charge in [0.2, 0.25) is 10.0 Å². The Hall–Kier alpha value is -2.38. The van der Waals surface area contributed by atoms with Crippen molar-refractivity contribution in [3.63, 3.8) is 0 Å². The zero-order chi connectivity index (χ0) is 19.0. The highest BCUT2D eigenvalue weighted by Crippen LogP contribution is 2.31. The molecule has 0 saturated carbocycles. The maximum Gasteiger partial charge on any atom is 0.243 e. The highest BCUT2D eigenvalue weighted by molar-refractivity contribution is 7.89. The first-order chi connectivity index (χ1) is 13.0. The molecule has 1 N–H and O–H groups in total. The Labute approximate surface area is 159 Å². The fourth-order valence-electron chi connectivity index (χ4n) is 3.70. The van der Waals surface area contributed by atoms with Gasteiger partial charge in [0.1, 0.15) is 11.6 Å². The van der Waals surface area contributed by atoms with Crippen molar-refractivity contribution in [2.24, 2.45) is 0 Å². The molecule has 1 aliphatic heterocycles. The number of nitrogens with one attached hydrogen (secondary N) is 1. The molecule has 0 atom stereocenters. The lowest BCUT2D eigenvalue weighted by Crippen LogP contribution is -2.38. The van der Waals surface area contributed by atoms with Gasteiger partial charge >= 0.3 is 0 Å². The second-order valence-corrected chi connectivity index (χ2v) is 8.89. The van der Waals surface area contributed by atoms with E-state index in [-0.39, 0.29) is 5.92 Å². The molecule has 1 saturated heterocycles. The summed E-state index contributed by atoms with van der Waals surface area (Å²) in [4.78, 5) is 8.37. The summed E-state index contributed by atoms with van der Waals surface area (Å²) in [6.45, 7) is 2.84. The smallest absolute Gasteiger partial charge is 0.243 e. The van der Waals surface area contributed by atoms with Crippen molar-refractivity contribution in [3.05, 3.63) is 53.9 Å². The number of rotatable bonds is 4. The number of benzene rings is 2. The van der Waals surface area contributed by atoms with E-state index in [0.29, 0.717) is 23.7 Å². The van der Waals surface area contributed by atoms with Crippen LogP contribution in [0, 0.1) is 6.92 Å². The molecule has 1 fully saturated rings. The fraction of sp³-hybridized carbons (Fsp3) is 0.350. The van der Waals surface area contributed by atoms with Gasteiger partial charge in [-0.15, -0.1) is 0 Å². The highest BCUT2D eigenvalue weighted by Gasteiger charge is 2.31. The van der Waals surface area contributed by atoms with E-state index in [0.717, 1.165) is 35.3 Å². The minimum atomic E-state index is -3.49. The van der Waals surface area contributed by atoms with Crippen LogP contribution in [-0.2, 0) is 10.0 Å². The first-order valence-corrected chi connectivity index (χ1v) is 10.5. The van der Waals surface area contributed by atoms with Gasteiger partial charge in [-0.3, -0.25) is 0 Å². The van der Waals surface area contributed by atoms with Crippen molar-refractivity contribution in [2.45, 2.75) is 30.6 Å². The lowest BCUT2D eigenvalue weighted by Gasteiger charge is -2.30. The molecular weight excluding hydrogens is 362 g/mol. The van der Waals surface area contributed by atoms with Gasteiger partial charge < -0.3 is 9.72 Å². The molecule has 142 valence electrons. The van der Waals surface area contributed by atoms with Crippen LogP contribution in [0.15, 0.2) is 47.4 Å². The molecule has 0 aliphatic carbocycles. The van der Waals surface area contributed by atoms with E-state index in [2.05, 4.69) is 9.97 Å². The second kappa shape index (κ2) is 6.98. The number of nitrogens with zero attached hydrogens (tertiary/aromatic N) is 2. The molecule has 1 aromatic heterocycles. The second-order valence-electron chi connectivity index (χ2n) is 6.95. The molecular formula is C20H23N3O3S. The van der Waals surface area contributed by atoms with Crippen molar-refractivity contribution in [2.75, 3.05) is 20.2 Å². The summed E-state index contributed by atoms with van der Waals surface area (Å²) < 4.78 is 32.8. The third kappa shape index (κ3) is 3.33. The van der Waals surface area contributed by atoms with Crippen LogP contribution < -0.4 is 4.74 Å². The minimum absolute atomic E-state index is 0.251. The number of piperidine rings is 1. The molecule has 6 nitrogen and oxygen atoms in total. The number of methoxy groups -OCH3 is 1. The van der Waals surface area contributed by atoms with Crippen molar-refractivity contribution in [1.82, 2.24) is 14.3 Å². The minimum Gasteiger partial charge on any atom is -0.496 e. The van der Waals surface area contributed by atoms with E-state index in [1.807, 2.05) is 31.2 Å². The maximum absolute atomic E-state index is 13.0. The molecule has 4 rings (SSSR count). The Morgan fingerprint density at radius 2 is 1.89 bits per heavy atom. The number of hydrogen-bond donors (Lipinski definition) is 1. The van der Waals surface area contributed by atoms with E-state index in [4.69, 9.17) is 4.74 Å². The number of sulfonamides is 1. The van der Waals surface area contributed by atoms with Crippen LogP contribution in [0.2, 0.25) is 0 Å². The van der Waals surface area contributed by atoms with Crippen molar-refractivity contribution in [3.8, 4) is 5.75 Å². The zero-order valence-electron chi connectivity index (χ0n) is 15.5.